The van der Waals surface area contributed by atoms with Crippen LogP contribution in [-0.2, 0) is 9.53 Å². The number of hydrogen-bond acceptors (Lipinski definition) is 5. The Hall–Kier alpha value is -1.07. The molecule has 0 radical (unpaired) electrons. The van der Waals surface area contributed by atoms with E-state index in [0.29, 0.717) is 12.2 Å². The van der Waals surface area contributed by atoms with E-state index in [1.54, 1.807) is 0 Å². The lowest BCUT2D eigenvalue weighted by Gasteiger charge is -2.06. The largest absolute Gasteiger partial charge is 0.469 e. The van der Waals surface area contributed by atoms with Crippen LogP contribution in [-0.4, -0.2) is 29.8 Å². The van der Waals surface area contributed by atoms with E-state index in [1.807, 2.05) is 0 Å². The zero-order valence-corrected chi connectivity index (χ0v) is 9.47. The second kappa shape index (κ2) is 5.72. The standard InChI is InChI=1S/C8H9Cl2N3O2/c1-15-7(14)2-3-11-5-4-6(9)12-13-8(5)10/h4H,2-3H2,1H3,(H,11,12). The lowest BCUT2D eigenvalue weighted by atomic mass is 10.4. The zero-order valence-electron chi connectivity index (χ0n) is 7.96. The number of nitrogens with one attached hydrogen (secondary N) is 1. The van der Waals surface area contributed by atoms with Crippen LogP contribution in [0.2, 0.25) is 10.3 Å². The van der Waals surface area contributed by atoms with Gasteiger partial charge >= 0.3 is 5.97 Å². The van der Waals surface area contributed by atoms with Crippen molar-refractivity contribution in [1.82, 2.24) is 10.2 Å². The first-order valence-corrected chi connectivity index (χ1v) is 4.88. The van der Waals surface area contributed by atoms with Gasteiger partial charge in [0.2, 0.25) is 0 Å². The molecule has 1 heterocycles. The molecule has 0 unspecified atom stereocenters. The molecule has 1 aromatic heterocycles. The second-order valence-corrected chi connectivity index (χ2v) is 3.37. The Morgan fingerprint density at radius 1 is 1.53 bits per heavy atom. The molecule has 1 rings (SSSR count). The topological polar surface area (TPSA) is 64.1 Å². The third-order valence-corrected chi connectivity index (χ3v) is 2.06. The first kappa shape index (κ1) is 12.0. The quantitative estimate of drug-likeness (QED) is 0.825. The number of methoxy groups -OCH3 is 1. The van der Waals surface area contributed by atoms with Crippen LogP contribution in [0.5, 0.6) is 0 Å². The number of anilines is 1. The molecule has 5 nitrogen and oxygen atoms in total. The smallest absolute Gasteiger partial charge is 0.307 e. The number of aromatic nitrogens is 2. The number of ether oxygens (including phenoxy) is 1. The summed E-state index contributed by atoms with van der Waals surface area (Å²) in [5.41, 5.74) is 0.542. The molecule has 0 aliphatic carbocycles. The van der Waals surface area contributed by atoms with Crippen molar-refractivity contribution in [2.45, 2.75) is 6.42 Å². The highest BCUT2D eigenvalue weighted by Crippen LogP contribution is 2.20. The van der Waals surface area contributed by atoms with Crippen molar-refractivity contribution in [2.24, 2.45) is 0 Å². The number of hydrogen-bond donors (Lipinski definition) is 1. The van der Waals surface area contributed by atoms with E-state index >= 15 is 0 Å². The van der Waals surface area contributed by atoms with E-state index in [2.05, 4.69) is 20.3 Å². The molecule has 15 heavy (non-hydrogen) atoms. The van der Waals surface area contributed by atoms with E-state index in [9.17, 15) is 4.79 Å². The average molecular weight is 250 g/mol. The van der Waals surface area contributed by atoms with Crippen LogP contribution in [0.1, 0.15) is 6.42 Å². The van der Waals surface area contributed by atoms with Crippen LogP contribution in [0.15, 0.2) is 6.07 Å². The number of halogens is 2. The van der Waals surface area contributed by atoms with Gasteiger partial charge in [-0.25, -0.2) is 0 Å². The molecule has 1 aromatic rings. The fourth-order valence-corrected chi connectivity index (χ4v) is 1.18. The number of esters is 1. The summed E-state index contributed by atoms with van der Waals surface area (Å²) in [4.78, 5) is 10.8. The average Bonchev–Trinajstić information content (AvgIpc) is 2.23. The molecule has 0 aromatic carbocycles. The van der Waals surface area contributed by atoms with E-state index in [-0.39, 0.29) is 22.7 Å². The highest BCUT2D eigenvalue weighted by Gasteiger charge is 2.05. The van der Waals surface area contributed by atoms with Crippen molar-refractivity contribution in [3.63, 3.8) is 0 Å². The minimum Gasteiger partial charge on any atom is -0.469 e. The molecule has 0 bridgehead atoms. The Kier molecular flexibility index (Phi) is 4.58. The van der Waals surface area contributed by atoms with Gasteiger partial charge < -0.3 is 10.1 Å². The maximum atomic E-state index is 10.8. The maximum Gasteiger partial charge on any atom is 0.307 e. The van der Waals surface area contributed by atoms with Gasteiger partial charge in [-0.3, -0.25) is 4.79 Å². The highest BCUT2D eigenvalue weighted by molar-refractivity contribution is 6.33. The molecule has 1 N–H and O–H groups in total. The van der Waals surface area contributed by atoms with E-state index in [4.69, 9.17) is 23.2 Å². The van der Waals surface area contributed by atoms with Crippen molar-refractivity contribution >= 4 is 34.9 Å². The van der Waals surface area contributed by atoms with E-state index < -0.39 is 0 Å². The summed E-state index contributed by atoms with van der Waals surface area (Å²) in [5.74, 6) is -0.299. The molecule has 7 heteroatoms. The third-order valence-electron chi connectivity index (χ3n) is 1.59. The van der Waals surface area contributed by atoms with Crippen molar-refractivity contribution < 1.29 is 9.53 Å². The Labute approximate surface area is 96.7 Å². The summed E-state index contributed by atoms with van der Waals surface area (Å²) < 4.78 is 4.48. The Balaban J connectivity index is 2.50. The third kappa shape index (κ3) is 3.89. The predicted molar refractivity (Wildman–Crippen MR) is 57.2 cm³/mol. The van der Waals surface area contributed by atoms with Crippen molar-refractivity contribution in [3.05, 3.63) is 16.4 Å². The fourth-order valence-electron chi connectivity index (χ4n) is 0.878. The molecular weight excluding hydrogens is 241 g/mol. The van der Waals surface area contributed by atoms with Gasteiger partial charge in [-0.1, -0.05) is 23.2 Å². The molecule has 0 aliphatic heterocycles. The minimum atomic E-state index is -0.299. The van der Waals surface area contributed by atoms with Crippen molar-refractivity contribution in [3.8, 4) is 0 Å². The monoisotopic (exact) mass is 249 g/mol. The first-order valence-electron chi connectivity index (χ1n) is 4.13. The lowest BCUT2D eigenvalue weighted by molar-refractivity contribution is -0.140. The van der Waals surface area contributed by atoms with Crippen molar-refractivity contribution in [2.75, 3.05) is 19.0 Å². The van der Waals surface area contributed by atoms with Crippen LogP contribution in [0.3, 0.4) is 0 Å². The van der Waals surface area contributed by atoms with Gasteiger partial charge in [0.25, 0.3) is 0 Å². The van der Waals surface area contributed by atoms with Crippen LogP contribution < -0.4 is 5.32 Å². The Morgan fingerprint density at radius 2 is 2.27 bits per heavy atom. The molecule has 0 saturated carbocycles. The SMILES string of the molecule is COC(=O)CCNc1cc(Cl)nnc1Cl. The fraction of sp³-hybridized carbons (Fsp3) is 0.375. The number of rotatable bonds is 4. The Bertz CT molecular complexity index is 360. The zero-order chi connectivity index (χ0) is 11.3. The van der Waals surface area contributed by atoms with Gasteiger partial charge in [0.15, 0.2) is 10.3 Å². The molecular formula is C8H9Cl2N3O2. The molecule has 0 amide bonds. The molecule has 0 aliphatic rings. The minimum absolute atomic E-state index is 0.212. The number of carbonyl (C=O) groups excluding carboxylic acids is 1. The first-order chi connectivity index (χ1) is 7.13. The van der Waals surface area contributed by atoms with Gasteiger partial charge in [-0.15, -0.1) is 10.2 Å². The summed E-state index contributed by atoms with van der Waals surface area (Å²) in [5, 5.41) is 10.5. The normalized spacial score (nSPS) is 9.80. The molecule has 0 saturated heterocycles. The van der Waals surface area contributed by atoms with Gasteiger partial charge in [0.1, 0.15) is 0 Å². The van der Waals surface area contributed by atoms with Crippen LogP contribution >= 0.6 is 23.2 Å². The number of nitrogens with zero attached hydrogens (tertiary/aromatic N) is 2. The van der Waals surface area contributed by atoms with E-state index in [1.165, 1.54) is 13.2 Å². The van der Waals surface area contributed by atoms with Gasteiger partial charge in [-0.05, 0) is 0 Å². The summed E-state index contributed by atoms with van der Waals surface area (Å²) in [7, 11) is 1.33. The summed E-state index contributed by atoms with van der Waals surface area (Å²) >= 11 is 11.4. The molecule has 0 fully saturated rings. The van der Waals surface area contributed by atoms with Gasteiger partial charge in [-0.2, -0.15) is 0 Å². The number of carbonyl (C=O) groups is 1. The van der Waals surface area contributed by atoms with Crippen LogP contribution in [0, 0.1) is 0 Å². The predicted octanol–water partition coefficient (Wildman–Crippen LogP) is 1.76. The van der Waals surface area contributed by atoms with Crippen LogP contribution in [0.25, 0.3) is 0 Å². The molecule has 82 valence electrons. The van der Waals surface area contributed by atoms with Gasteiger partial charge in [0.05, 0.1) is 19.2 Å². The lowest BCUT2D eigenvalue weighted by Crippen LogP contribution is -2.10. The summed E-state index contributed by atoms with van der Waals surface area (Å²) in [6.45, 7) is 0.397. The van der Waals surface area contributed by atoms with E-state index in [0.717, 1.165) is 0 Å². The molecule has 0 spiro atoms. The second-order valence-electron chi connectivity index (χ2n) is 2.62. The maximum absolute atomic E-state index is 10.8. The van der Waals surface area contributed by atoms with Crippen molar-refractivity contribution in [1.29, 1.82) is 0 Å². The Morgan fingerprint density at radius 3 is 2.93 bits per heavy atom. The summed E-state index contributed by atoms with van der Waals surface area (Å²) in [6, 6.07) is 1.54. The van der Waals surface area contributed by atoms with Crippen LogP contribution in [0.4, 0.5) is 5.69 Å². The van der Waals surface area contributed by atoms with Gasteiger partial charge in [0, 0.05) is 12.6 Å². The molecule has 0 atom stereocenters. The summed E-state index contributed by atoms with van der Waals surface area (Å²) in [6.07, 6.45) is 0.243. The highest BCUT2D eigenvalue weighted by atomic mass is 35.5.